The van der Waals surface area contributed by atoms with E-state index in [0.717, 1.165) is 41.9 Å². The number of nitrogens with one attached hydrogen (secondary N) is 2. The number of hydrogen-bond acceptors (Lipinski definition) is 10. The van der Waals surface area contributed by atoms with Crippen molar-refractivity contribution in [2.24, 2.45) is 0 Å². The van der Waals surface area contributed by atoms with Crippen molar-refractivity contribution in [3.05, 3.63) is 67.0 Å². The molecule has 9 nitrogen and oxygen atoms in total. The van der Waals surface area contributed by atoms with Gasteiger partial charge in [-0.05, 0) is 36.8 Å². The molecule has 0 aliphatic carbocycles. The highest BCUT2D eigenvalue weighted by molar-refractivity contribution is 7.21. The molecular weight excluding hydrogens is 438 g/mol. The maximum absolute atomic E-state index is 10.5. The van der Waals surface area contributed by atoms with E-state index in [0.29, 0.717) is 22.8 Å². The number of likely N-dealkylation sites (tertiary alicyclic amines) is 1. The summed E-state index contributed by atoms with van der Waals surface area (Å²) in [6, 6.07) is 15.3. The Bertz CT molecular complexity index is 1280. The molecule has 0 amide bonds. The Labute approximate surface area is 194 Å². The second-order valence-electron chi connectivity index (χ2n) is 7.40. The molecule has 0 saturated carbocycles. The molecular formula is C23H21N7O2S. The van der Waals surface area contributed by atoms with Crippen LogP contribution in [0.15, 0.2) is 67.0 Å². The molecule has 4 aromatic rings. The monoisotopic (exact) mass is 459 g/mol. The molecule has 1 atom stereocenters. The largest absolute Gasteiger partial charge is 0.439 e. The second-order valence-corrected chi connectivity index (χ2v) is 8.38. The lowest BCUT2D eigenvalue weighted by molar-refractivity contribution is -0.104. The van der Waals surface area contributed by atoms with E-state index in [-0.39, 0.29) is 6.04 Å². The fourth-order valence-corrected chi connectivity index (χ4v) is 4.34. The van der Waals surface area contributed by atoms with Gasteiger partial charge in [0.05, 0.1) is 0 Å². The molecule has 10 heteroatoms. The minimum atomic E-state index is 0.214. The van der Waals surface area contributed by atoms with Crippen molar-refractivity contribution in [2.45, 2.75) is 12.5 Å². The zero-order chi connectivity index (χ0) is 22.5. The molecule has 0 radical (unpaired) electrons. The molecule has 0 bridgehead atoms. The number of pyridine rings is 1. The minimum absolute atomic E-state index is 0.214. The lowest BCUT2D eigenvalue weighted by Crippen LogP contribution is -2.24. The Morgan fingerprint density at radius 2 is 2.00 bits per heavy atom. The highest BCUT2D eigenvalue weighted by atomic mass is 32.1. The SMILES string of the molecule is O=CC=CN1CCC(Nc2nccc(Nc3nc4ccc(Oc5ccccc5)nc4s3)n2)C1. The van der Waals surface area contributed by atoms with Gasteiger partial charge in [-0.3, -0.25) is 4.79 Å². The quantitative estimate of drug-likeness (QED) is 0.296. The maximum atomic E-state index is 10.5. The van der Waals surface area contributed by atoms with E-state index in [1.807, 2.05) is 42.6 Å². The molecule has 4 heterocycles. The molecule has 1 aliphatic heterocycles. The van der Waals surface area contributed by atoms with Crippen LogP contribution in [0.4, 0.5) is 16.9 Å². The number of thiazole rings is 1. The van der Waals surface area contributed by atoms with Gasteiger partial charge in [0.1, 0.15) is 28.2 Å². The molecule has 1 aliphatic rings. The first kappa shape index (κ1) is 20.8. The fourth-order valence-electron chi connectivity index (χ4n) is 3.51. The number of fused-ring (bicyclic) bond motifs is 1. The molecule has 1 saturated heterocycles. The molecule has 33 heavy (non-hydrogen) atoms. The van der Waals surface area contributed by atoms with Crippen molar-refractivity contribution in [2.75, 3.05) is 23.7 Å². The molecule has 1 aromatic carbocycles. The zero-order valence-electron chi connectivity index (χ0n) is 17.6. The molecule has 3 aromatic heterocycles. The third-order valence-corrected chi connectivity index (χ3v) is 5.90. The molecule has 0 spiro atoms. The van der Waals surface area contributed by atoms with E-state index >= 15 is 0 Å². The summed E-state index contributed by atoms with van der Waals surface area (Å²) >= 11 is 1.43. The van der Waals surface area contributed by atoms with Gasteiger partial charge in [0.2, 0.25) is 11.8 Å². The highest BCUT2D eigenvalue weighted by Gasteiger charge is 2.20. The van der Waals surface area contributed by atoms with Crippen LogP contribution in [0.2, 0.25) is 0 Å². The Balaban J connectivity index is 1.25. The number of nitrogens with zero attached hydrogens (tertiary/aromatic N) is 5. The number of para-hydroxylation sites is 1. The number of rotatable bonds is 8. The first-order valence-corrected chi connectivity index (χ1v) is 11.3. The Hall–Kier alpha value is -4.05. The normalized spacial score (nSPS) is 15.8. The predicted molar refractivity (Wildman–Crippen MR) is 128 cm³/mol. The smallest absolute Gasteiger partial charge is 0.224 e. The Kier molecular flexibility index (Phi) is 6.07. The lowest BCUT2D eigenvalue weighted by Gasteiger charge is -2.14. The van der Waals surface area contributed by atoms with Crippen LogP contribution >= 0.6 is 11.3 Å². The van der Waals surface area contributed by atoms with Crippen LogP contribution in [-0.2, 0) is 4.79 Å². The summed E-state index contributed by atoms with van der Waals surface area (Å²) in [6.45, 7) is 1.68. The molecule has 166 valence electrons. The van der Waals surface area contributed by atoms with Gasteiger partial charge < -0.3 is 20.3 Å². The summed E-state index contributed by atoms with van der Waals surface area (Å²) in [5, 5.41) is 7.28. The summed E-state index contributed by atoms with van der Waals surface area (Å²) in [6.07, 6.45) is 6.75. The number of anilines is 3. The van der Waals surface area contributed by atoms with Crippen LogP contribution < -0.4 is 15.4 Å². The summed E-state index contributed by atoms with van der Waals surface area (Å²) in [7, 11) is 0. The van der Waals surface area contributed by atoms with E-state index in [2.05, 4.69) is 35.5 Å². The Morgan fingerprint density at radius 3 is 2.88 bits per heavy atom. The van der Waals surface area contributed by atoms with Crippen LogP contribution in [0.1, 0.15) is 6.42 Å². The van der Waals surface area contributed by atoms with Gasteiger partial charge in [0, 0.05) is 37.6 Å². The summed E-state index contributed by atoms with van der Waals surface area (Å²) < 4.78 is 5.82. The van der Waals surface area contributed by atoms with E-state index in [1.54, 1.807) is 18.3 Å². The third-order valence-electron chi connectivity index (χ3n) is 5.01. The summed E-state index contributed by atoms with van der Waals surface area (Å²) in [4.78, 5) is 31.4. The molecule has 2 N–H and O–H groups in total. The maximum Gasteiger partial charge on any atom is 0.224 e. The molecule has 1 unspecified atom stereocenters. The lowest BCUT2D eigenvalue weighted by atomic mass is 10.3. The number of carbonyl (C=O) groups excluding carboxylic acids is 1. The Morgan fingerprint density at radius 1 is 1.09 bits per heavy atom. The van der Waals surface area contributed by atoms with E-state index in [4.69, 9.17) is 4.74 Å². The first-order valence-electron chi connectivity index (χ1n) is 10.5. The highest BCUT2D eigenvalue weighted by Crippen LogP contribution is 2.29. The zero-order valence-corrected chi connectivity index (χ0v) is 18.4. The topological polar surface area (TPSA) is 105 Å². The number of allylic oxidation sites excluding steroid dienone is 1. The number of aromatic nitrogens is 4. The van der Waals surface area contributed by atoms with Gasteiger partial charge in [-0.2, -0.15) is 4.98 Å². The first-order chi connectivity index (χ1) is 16.2. The van der Waals surface area contributed by atoms with Crippen molar-refractivity contribution >= 4 is 44.9 Å². The van der Waals surface area contributed by atoms with Crippen molar-refractivity contribution in [3.63, 3.8) is 0 Å². The van der Waals surface area contributed by atoms with Crippen LogP contribution in [-0.4, -0.2) is 50.3 Å². The van der Waals surface area contributed by atoms with Crippen LogP contribution in [0.3, 0.4) is 0 Å². The summed E-state index contributed by atoms with van der Waals surface area (Å²) in [5.74, 6) is 2.44. The average molecular weight is 460 g/mol. The predicted octanol–water partition coefficient (Wildman–Crippen LogP) is 4.22. The number of carbonyl (C=O) groups is 1. The van der Waals surface area contributed by atoms with Gasteiger partial charge in [0.15, 0.2) is 5.13 Å². The van der Waals surface area contributed by atoms with Crippen molar-refractivity contribution < 1.29 is 9.53 Å². The summed E-state index contributed by atoms with van der Waals surface area (Å²) in [5.41, 5.74) is 0.782. The van der Waals surface area contributed by atoms with Gasteiger partial charge in [-0.1, -0.05) is 29.5 Å². The fraction of sp³-hybridized carbons (Fsp3) is 0.174. The molecule has 5 rings (SSSR count). The van der Waals surface area contributed by atoms with Crippen molar-refractivity contribution in [1.29, 1.82) is 0 Å². The van der Waals surface area contributed by atoms with Gasteiger partial charge >= 0.3 is 0 Å². The minimum Gasteiger partial charge on any atom is -0.439 e. The number of hydrogen-bond donors (Lipinski definition) is 2. The van der Waals surface area contributed by atoms with Crippen LogP contribution in [0, 0.1) is 0 Å². The number of benzene rings is 1. The number of aldehydes is 1. The van der Waals surface area contributed by atoms with Gasteiger partial charge in [-0.15, -0.1) is 0 Å². The van der Waals surface area contributed by atoms with Crippen molar-refractivity contribution in [3.8, 4) is 11.6 Å². The van der Waals surface area contributed by atoms with Crippen LogP contribution in [0.25, 0.3) is 10.3 Å². The molecule has 1 fully saturated rings. The van der Waals surface area contributed by atoms with E-state index < -0.39 is 0 Å². The van der Waals surface area contributed by atoms with Gasteiger partial charge in [0.25, 0.3) is 0 Å². The standard InChI is InChI=1S/C23H21N7O2S/c31-14-4-12-30-13-10-16(15-30)25-22-24-11-9-19(27-22)28-23-26-18-7-8-20(29-21(18)33-23)32-17-5-2-1-3-6-17/h1-9,11-12,14,16H,10,13,15H2,(H2,24,25,26,27,28). The van der Waals surface area contributed by atoms with Gasteiger partial charge in [-0.25, -0.2) is 15.0 Å². The van der Waals surface area contributed by atoms with Crippen molar-refractivity contribution in [1.82, 2.24) is 24.8 Å². The average Bonchev–Trinajstić information content (AvgIpc) is 3.44. The third kappa shape index (κ3) is 5.24. The second kappa shape index (κ2) is 9.61. The van der Waals surface area contributed by atoms with E-state index in [1.165, 1.54) is 17.4 Å². The van der Waals surface area contributed by atoms with Crippen LogP contribution in [0.5, 0.6) is 11.6 Å². The number of ether oxygens (including phenoxy) is 1. The van der Waals surface area contributed by atoms with E-state index in [9.17, 15) is 4.79 Å².